The molecule has 34 heavy (non-hydrogen) atoms. The summed E-state index contributed by atoms with van der Waals surface area (Å²) in [4.78, 5) is 20.0. The first-order valence-electron chi connectivity index (χ1n) is 11.3. The number of amides is 1. The molecule has 0 spiro atoms. The van der Waals surface area contributed by atoms with Crippen LogP contribution in [0.2, 0.25) is 0 Å². The lowest BCUT2D eigenvalue weighted by Gasteiger charge is -2.09. The van der Waals surface area contributed by atoms with E-state index in [0.717, 1.165) is 46.4 Å². The fourth-order valence-electron chi connectivity index (χ4n) is 3.79. The van der Waals surface area contributed by atoms with E-state index < -0.39 is 0 Å². The van der Waals surface area contributed by atoms with E-state index in [1.807, 2.05) is 54.6 Å². The van der Waals surface area contributed by atoms with E-state index in [1.165, 1.54) is 0 Å². The molecule has 1 amide bonds. The number of nitrogens with zero attached hydrogens (tertiary/aromatic N) is 2. The van der Waals surface area contributed by atoms with Gasteiger partial charge in [-0.1, -0.05) is 18.2 Å². The van der Waals surface area contributed by atoms with Gasteiger partial charge in [0.25, 0.3) is 5.91 Å². The molecule has 7 nitrogen and oxygen atoms in total. The molecule has 0 atom stereocenters. The number of nitrogens with one attached hydrogen (secondary N) is 3. The van der Waals surface area contributed by atoms with E-state index in [1.54, 1.807) is 19.5 Å². The number of nitriles is 1. The minimum absolute atomic E-state index is 0.109. The Morgan fingerprint density at radius 3 is 2.74 bits per heavy atom. The zero-order chi connectivity index (χ0) is 23.8. The molecule has 2 aromatic heterocycles. The Labute approximate surface area is 198 Å². The Hall–Kier alpha value is -4.15. The summed E-state index contributed by atoms with van der Waals surface area (Å²) in [5.41, 5.74) is 5.31. The van der Waals surface area contributed by atoms with Gasteiger partial charge in [0.2, 0.25) is 0 Å². The van der Waals surface area contributed by atoms with Crippen LogP contribution in [-0.4, -0.2) is 42.7 Å². The van der Waals surface area contributed by atoms with Gasteiger partial charge in [-0.15, -0.1) is 0 Å². The Morgan fingerprint density at radius 2 is 1.94 bits per heavy atom. The number of carbonyl (C=O) groups excluding carboxylic acids is 1. The van der Waals surface area contributed by atoms with Crippen molar-refractivity contribution in [2.45, 2.75) is 12.8 Å². The maximum atomic E-state index is 12.6. The van der Waals surface area contributed by atoms with Crippen molar-refractivity contribution < 1.29 is 9.53 Å². The molecule has 0 saturated carbocycles. The number of aromatic amines is 1. The summed E-state index contributed by atoms with van der Waals surface area (Å²) in [5, 5.41) is 16.4. The topological polar surface area (TPSA) is 103 Å². The standard InChI is InChI=1S/C27H27N5O2/c1-34-14-2-11-29-26-16-22(10-13-30-26)20-4-6-21(7-5-20)27(33)31-12-9-19-3-8-25-24(15-19)23(17-28)18-32-25/h3-8,10,13,15-16,18,32H,2,9,11-12,14H2,1H3,(H,29,30)(H,31,33). The van der Waals surface area contributed by atoms with E-state index >= 15 is 0 Å². The van der Waals surface area contributed by atoms with Gasteiger partial charge in [0.15, 0.2) is 0 Å². The molecule has 4 aromatic rings. The smallest absolute Gasteiger partial charge is 0.251 e. The summed E-state index contributed by atoms with van der Waals surface area (Å²) in [6.07, 6.45) is 5.09. The second-order valence-electron chi connectivity index (χ2n) is 7.98. The molecule has 0 unspecified atom stereocenters. The fraction of sp³-hybridized carbons (Fsp3) is 0.222. The predicted octanol–water partition coefficient (Wildman–Crippen LogP) is 4.52. The first-order chi connectivity index (χ1) is 16.7. The van der Waals surface area contributed by atoms with Crippen LogP contribution >= 0.6 is 0 Å². The highest BCUT2D eigenvalue weighted by Gasteiger charge is 2.08. The van der Waals surface area contributed by atoms with Crippen LogP contribution in [0, 0.1) is 11.3 Å². The van der Waals surface area contributed by atoms with Crippen LogP contribution in [-0.2, 0) is 11.2 Å². The van der Waals surface area contributed by atoms with Crippen molar-refractivity contribution in [3.63, 3.8) is 0 Å². The van der Waals surface area contributed by atoms with Gasteiger partial charge < -0.3 is 20.4 Å². The molecule has 7 heteroatoms. The second kappa shape index (κ2) is 11.1. The third-order valence-corrected chi connectivity index (χ3v) is 5.64. The highest BCUT2D eigenvalue weighted by molar-refractivity contribution is 5.94. The summed E-state index contributed by atoms with van der Waals surface area (Å²) in [6.45, 7) is 2.02. The van der Waals surface area contributed by atoms with Gasteiger partial charge in [-0.05, 0) is 65.9 Å². The Balaban J connectivity index is 1.32. The van der Waals surface area contributed by atoms with Gasteiger partial charge in [0, 0.05) is 55.7 Å². The molecule has 0 aliphatic heterocycles. The minimum Gasteiger partial charge on any atom is -0.385 e. The second-order valence-corrected chi connectivity index (χ2v) is 7.98. The third-order valence-electron chi connectivity index (χ3n) is 5.64. The van der Waals surface area contributed by atoms with Crippen LogP contribution in [0.5, 0.6) is 0 Å². The number of pyridine rings is 1. The summed E-state index contributed by atoms with van der Waals surface area (Å²) in [5.74, 6) is 0.706. The predicted molar refractivity (Wildman–Crippen MR) is 134 cm³/mol. The third kappa shape index (κ3) is 5.61. The first-order valence-corrected chi connectivity index (χ1v) is 11.3. The van der Waals surface area contributed by atoms with Crippen LogP contribution in [0.25, 0.3) is 22.0 Å². The van der Waals surface area contributed by atoms with Gasteiger partial charge in [-0.2, -0.15) is 5.26 Å². The van der Waals surface area contributed by atoms with Gasteiger partial charge in [0.05, 0.1) is 5.56 Å². The Bertz CT molecular complexity index is 1300. The lowest BCUT2D eigenvalue weighted by Crippen LogP contribution is -2.25. The number of H-pyrrole nitrogens is 1. The maximum absolute atomic E-state index is 12.6. The number of fused-ring (bicyclic) bond motifs is 1. The molecule has 0 aliphatic carbocycles. The zero-order valence-corrected chi connectivity index (χ0v) is 19.1. The van der Waals surface area contributed by atoms with Gasteiger partial charge in [-0.25, -0.2) is 4.98 Å². The monoisotopic (exact) mass is 453 g/mol. The lowest BCUT2D eigenvalue weighted by molar-refractivity contribution is 0.0954. The molecule has 2 heterocycles. The molecule has 2 aromatic carbocycles. The van der Waals surface area contributed by atoms with E-state index in [0.29, 0.717) is 30.7 Å². The molecule has 0 aliphatic rings. The Morgan fingerprint density at radius 1 is 1.09 bits per heavy atom. The van der Waals surface area contributed by atoms with Gasteiger partial charge >= 0.3 is 0 Å². The van der Waals surface area contributed by atoms with Crippen LogP contribution in [0.4, 0.5) is 5.82 Å². The van der Waals surface area contributed by atoms with Crippen molar-refractivity contribution in [1.29, 1.82) is 5.26 Å². The average Bonchev–Trinajstić information content (AvgIpc) is 3.29. The normalized spacial score (nSPS) is 10.7. The van der Waals surface area contributed by atoms with Crippen LogP contribution in [0.3, 0.4) is 0 Å². The number of benzene rings is 2. The lowest BCUT2D eigenvalue weighted by atomic mass is 10.0. The number of aromatic nitrogens is 2. The largest absolute Gasteiger partial charge is 0.385 e. The highest BCUT2D eigenvalue weighted by Crippen LogP contribution is 2.22. The van der Waals surface area contributed by atoms with Gasteiger partial charge in [-0.3, -0.25) is 4.79 Å². The highest BCUT2D eigenvalue weighted by atomic mass is 16.5. The van der Waals surface area contributed by atoms with Crippen molar-refractivity contribution in [1.82, 2.24) is 15.3 Å². The van der Waals surface area contributed by atoms with Crippen LogP contribution < -0.4 is 10.6 Å². The zero-order valence-electron chi connectivity index (χ0n) is 19.1. The van der Waals surface area contributed by atoms with E-state index in [2.05, 4.69) is 26.7 Å². The maximum Gasteiger partial charge on any atom is 0.251 e. The first kappa shape index (κ1) is 23.0. The number of carbonyl (C=O) groups is 1. The average molecular weight is 454 g/mol. The van der Waals surface area contributed by atoms with Gasteiger partial charge in [0.1, 0.15) is 11.9 Å². The summed E-state index contributed by atoms with van der Waals surface area (Å²) < 4.78 is 5.07. The van der Waals surface area contributed by atoms with Crippen molar-refractivity contribution in [3.8, 4) is 17.2 Å². The minimum atomic E-state index is -0.109. The number of ether oxygens (including phenoxy) is 1. The molecule has 172 valence electrons. The summed E-state index contributed by atoms with van der Waals surface area (Å²) in [6, 6.07) is 19.7. The molecular weight excluding hydrogens is 426 g/mol. The number of anilines is 1. The molecule has 0 radical (unpaired) electrons. The molecule has 4 rings (SSSR count). The summed E-state index contributed by atoms with van der Waals surface area (Å²) >= 11 is 0. The van der Waals surface area contributed by atoms with Crippen LogP contribution in [0.1, 0.15) is 27.9 Å². The molecule has 0 fully saturated rings. The number of hydrogen-bond donors (Lipinski definition) is 3. The van der Waals surface area contributed by atoms with E-state index in [9.17, 15) is 10.1 Å². The van der Waals surface area contributed by atoms with E-state index in [-0.39, 0.29) is 5.91 Å². The SMILES string of the molecule is COCCCNc1cc(-c2ccc(C(=O)NCCc3ccc4[nH]cc(C#N)c4c3)cc2)ccn1. The van der Waals surface area contributed by atoms with E-state index in [4.69, 9.17) is 4.74 Å². The molecule has 3 N–H and O–H groups in total. The van der Waals surface area contributed by atoms with Crippen LogP contribution in [0.15, 0.2) is 67.0 Å². The molecule has 0 bridgehead atoms. The Kier molecular flexibility index (Phi) is 7.53. The fourth-order valence-corrected chi connectivity index (χ4v) is 3.79. The van der Waals surface area contributed by atoms with Crippen molar-refractivity contribution in [3.05, 3.63) is 83.7 Å². The van der Waals surface area contributed by atoms with Crippen molar-refractivity contribution in [2.75, 3.05) is 32.1 Å². The number of rotatable bonds is 10. The van der Waals surface area contributed by atoms with Crippen molar-refractivity contribution >= 4 is 22.6 Å². The van der Waals surface area contributed by atoms with Crippen molar-refractivity contribution in [2.24, 2.45) is 0 Å². The molecule has 0 saturated heterocycles. The number of methoxy groups -OCH3 is 1. The molecular formula is C27H27N5O2. The summed E-state index contributed by atoms with van der Waals surface area (Å²) in [7, 11) is 1.69. The quantitative estimate of drug-likeness (QED) is 0.306. The number of hydrogen-bond acceptors (Lipinski definition) is 5.